The predicted octanol–water partition coefficient (Wildman–Crippen LogP) is 3.53. The first-order valence-corrected chi connectivity index (χ1v) is 7.68. The quantitative estimate of drug-likeness (QED) is 0.844. The van der Waals surface area contributed by atoms with Crippen molar-refractivity contribution in [1.29, 1.82) is 0 Å². The fourth-order valence-corrected chi connectivity index (χ4v) is 3.04. The van der Waals surface area contributed by atoms with Crippen LogP contribution in [-0.2, 0) is 0 Å². The molecule has 0 aliphatic carbocycles. The monoisotopic (exact) mass is 277 g/mol. The van der Waals surface area contributed by atoms with Crippen LogP contribution < -0.4 is 9.64 Å². The van der Waals surface area contributed by atoms with Crippen LogP contribution in [0.4, 0.5) is 5.82 Å². The van der Waals surface area contributed by atoms with E-state index >= 15 is 0 Å². The summed E-state index contributed by atoms with van der Waals surface area (Å²) in [5.41, 5.74) is 0.399. The molecule has 0 N–H and O–H groups in total. The van der Waals surface area contributed by atoms with Crippen molar-refractivity contribution in [3.8, 4) is 5.88 Å². The van der Waals surface area contributed by atoms with Crippen LogP contribution in [-0.4, -0.2) is 29.7 Å². The molecule has 1 aromatic rings. The van der Waals surface area contributed by atoms with Crippen LogP contribution in [0.25, 0.3) is 0 Å². The Labute approximate surface area is 122 Å². The molecular formula is C16H27N3O. The lowest BCUT2D eigenvalue weighted by molar-refractivity contribution is 0.264. The van der Waals surface area contributed by atoms with Gasteiger partial charge in [-0.15, -0.1) is 0 Å². The van der Waals surface area contributed by atoms with E-state index in [1.165, 1.54) is 19.3 Å². The molecule has 1 atom stereocenters. The molecule has 4 nitrogen and oxygen atoms in total. The van der Waals surface area contributed by atoms with Gasteiger partial charge in [-0.1, -0.05) is 20.8 Å². The number of aromatic nitrogens is 2. The Morgan fingerprint density at radius 2 is 2.15 bits per heavy atom. The Morgan fingerprint density at radius 3 is 2.85 bits per heavy atom. The molecule has 1 saturated heterocycles. The summed E-state index contributed by atoms with van der Waals surface area (Å²) < 4.78 is 5.47. The highest BCUT2D eigenvalue weighted by atomic mass is 16.5. The third kappa shape index (κ3) is 4.36. The molecule has 0 spiro atoms. The van der Waals surface area contributed by atoms with Crippen LogP contribution in [0.3, 0.4) is 0 Å². The van der Waals surface area contributed by atoms with Gasteiger partial charge in [0.25, 0.3) is 0 Å². The molecule has 0 aromatic carbocycles. The molecule has 1 aliphatic rings. The molecule has 112 valence electrons. The zero-order chi connectivity index (χ0) is 14.6. The van der Waals surface area contributed by atoms with Gasteiger partial charge < -0.3 is 9.64 Å². The minimum atomic E-state index is 0.399. The molecule has 0 radical (unpaired) electrons. The highest BCUT2D eigenvalue weighted by Gasteiger charge is 2.25. The Balaban J connectivity index is 2.03. The number of piperidine rings is 1. The van der Waals surface area contributed by atoms with Crippen molar-refractivity contribution < 1.29 is 4.74 Å². The second kappa shape index (κ2) is 6.42. The third-order valence-electron chi connectivity index (χ3n) is 3.66. The number of hydrogen-bond acceptors (Lipinski definition) is 4. The normalized spacial score (nSPS) is 20.0. The van der Waals surface area contributed by atoms with Gasteiger partial charge in [0.05, 0.1) is 6.61 Å². The largest absolute Gasteiger partial charge is 0.478 e. The van der Waals surface area contributed by atoms with Crippen molar-refractivity contribution in [3.63, 3.8) is 0 Å². The number of rotatable bonds is 4. The van der Waals surface area contributed by atoms with E-state index in [0.717, 1.165) is 24.8 Å². The number of hydrogen-bond donors (Lipinski definition) is 0. The number of nitrogens with zero attached hydrogens (tertiary/aromatic N) is 3. The number of anilines is 1. The second-order valence-corrected chi connectivity index (χ2v) is 6.87. The Kier molecular flexibility index (Phi) is 4.84. The Bertz CT molecular complexity index is 428. The lowest BCUT2D eigenvalue weighted by atomic mass is 9.81. The standard InChI is InChI=1S/C16H27N3O/c1-5-20-15-9-14(17-12-18-15)19-8-6-7-13(11-19)10-16(2,3)4/h9,12-13H,5-8,10-11H2,1-4H3/t13-/m1/s1. The van der Waals surface area contributed by atoms with Crippen molar-refractivity contribution >= 4 is 5.82 Å². The molecule has 0 unspecified atom stereocenters. The molecule has 20 heavy (non-hydrogen) atoms. The molecule has 0 bridgehead atoms. The van der Waals surface area contributed by atoms with Crippen molar-refractivity contribution in [2.75, 3.05) is 24.6 Å². The second-order valence-electron chi connectivity index (χ2n) is 6.87. The summed E-state index contributed by atoms with van der Waals surface area (Å²) in [6.45, 7) is 11.8. The SMILES string of the molecule is CCOc1cc(N2CCC[C@H](CC(C)(C)C)C2)ncn1. The maximum Gasteiger partial charge on any atom is 0.218 e. The van der Waals surface area contributed by atoms with E-state index in [-0.39, 0.29) is 0 Å². The zero-order valence-corrected chi connectivity index (χ0v) is 13.2. The van der Waals surface area contributed by atoms with Crippen molar-refractivity contribution in [1.82, 2.24) is 9.97 Å². The minimum absolute atomic E-state index is 0.399. The summed E-state index contributed by atoms with van der Waals surface area (Å²) in [4.78, 5) is 10.9. The van der Waals surface area contributed by atoms with Crippen molar-refractivity contribution in [2.24, 2.45) is 11.3 Å². The van der Waals surface area contributed by atoms with E-state index < -0.39 is 0 Å². The van der Waals surface area contributed by atoms with E-state index in [0.29, 0.717) is 17.9 Å². The van der Waals surface area contributed by atoms with Gasteiger partial charge in [-0.05, 0) is 37.5 Å². The summed E-state index contributed by atoms with van der Waals surface area (Å²) in [5.74, 6) is 2.44. The summed E-state index contributed by atoms with van der Waals surface area (Å²) in [7, 11) is 0. The van der Waals surface area contributed by atoms with Crippen LogP contribution in [0.2, 0.25) is 0 Å². The lowest BCUT2D eigenvalue weighted by Gasteiger charge is -2.36. The average Bonchev–Trinajstić information content (AvgIpc) is 2.38. The Hall–Kier alpha value is -1.32. The maximum atomic E-state index is 5.47. The first-order chi connectivity index (χ1) is 9.48. The summed E-state index contributed by atoms with van der Waals surface area (Å²) >= 11 is 0. The molecule has 1 aromatic heterocycles. The molecule has 1 fully saturated rings. The van der Waals surface area contributed by atoms with Crippen LogP contribution in [0, 0.1) is 11.3 Å². The first kappa shape index (κ1) is 15.1. The molecular weight excluding hydrogens is 250 g/mol. The van der Waals surface area contributed by atoms with Gasteiger partial charge in [-0.2, -0.15) is 0 Å². The van der Waals surface area contributed by atoms with Gasteiger partial charge in [-0.25, -0.2) is 9.97 Å². The number of ether oxygens (including phenoxy) is 1. The molecule has 2 rings (SSSR count). The molecule has 0 amide bonds. The minimum Gasteiger partial charge on any atom is -0.478 e. The topological polar surface area (TPSA) is 38.2 Å². The van der Waals surface area contributed by atoms with Gasteiger partial charge in [0.1, 0.15) is 12.1 Å². The van der Waals surface area contributed by atoms with E-state index in [9.17, 15) is 0 Å². The molecule has 2 heterocycles. The third-order valence-corrected chi connectivity index (χ3v) is 3.66. The van der Waals surface area contributed by atoms with E-state index in [1.807, 2.05) is 13.0 Å². The zero-order valence-electron chi connectivity index (χ0n) is 13.2. The molecule has 0 saturated carbocycles. The maximum absolute atomic E-state index is 5.47. The first-order valence-electron chi connectivity index (χ1n) is 7.68. The summed E-state index contributed by atoms with van der Waals surface area (Å²) in [6.07, 6.45) is 5.45. The van der Waals surface area contributed by atoms with Crippen LogP contribution in [0.5, 0.6) is 5.88 Å². The van der Waals surface area contributed by atoms with Gasteiger partial charge >= 0.3 is 0 Å². The molecule has 4 heteroatoms. The van der Waals surface area contributed by atoms with Crippen LogP contribution in [0.1, 0.15) is 47.0 Å². The Morgan fingerprint density at radius 1 is 1.35 bits per heavy atom. The predicted molar refractivity (Wildman–Crippen MR) is 82.2 cm³/mol. The van der Waals surface area contributed by atoms with Gasteiger partial charge in [-0.3, -0.25) is 0 Å². The van der Waals surface area contributed by atoms with Gasteiger partial charge in [0.2, 0.25) is 5.88 Å². The fourth-order valence-electron chi connectivity index (χ4n) is 3.04. The van der Waals surface area contributed by atoms with E-state index in [2.05, 4.69) is 35.6 Å². The van der Waals surface area contributed by atoms with Crippen molar-refractivity contribution in [2.45, 2.75) is 47.0 Å². The molecule has 1 aliphatic heterocycles. The fraction of sp³-hybridized carbons (Fsp3) is 0.750. The van der Waals surface area contributed by atoms with E-state index in [1.54, 1.807) is 6.33 Å². The average molecular weight is 277 g/mol. The van der Waals surface area contributed by atoms with E-state index in [4.69, 9.17) is 4.74 Å². The van der Waals surface area contributed by atoms with Gasteiger partial charge in [0.15, 0.2) is 0 Å². The van der Waals surface area contributed by atoms with Crippen LogP contribution in [0.15, 0.2) is 12.4 Å². The smallest absolute Gasteiger partial charge is 0.218 e. The van der Waals surface area contributed by atoms with Crippen molar-refractivity contribution in [3.05, 3.63) is 12.4 Å². The highest BCUT2D eigenvalue weighted by Crippen LogP contribution is 2.31. The summed E-state index contributed by atoms with van der Waals surface area (Å²) in [5, 5.41) is 0. The van der Waals surface area contributed by atoms with Crippen LogP contribution >= 0.6 is 0 Å². The summed E-state index contributed by atoms with van der Waals surface area (Å²) in [6, 6.07) is 1.96. The van der Waals surface area contributed by atoms with Gasteiger partial charge in [0, 0.05) is 19.2 Å². The highest BCUT2D eigenvalue weighted by molar-refractivity contribution is 5.41. The lowest BCUT2D eigenvalue weighted by Crippen LogP contribution is -2.37.